The largest absolute Gasteiger partial charge is 0.508 e. The smallest absolute Gasteiger partial charge is 0.257 e. The number of hydrogen-bond acceptors (Lipinski definition) is 10. The molecule has 5 aromatic rings. The summed E-state index contributed by atoms with van der Waals surface area (Å²) in [5.74, 6) is 1.38. The van der Waals surface area contributed by atoms with Gasteiger partial charge < -0.3 is 38.4 Å². The van der Waals surface area contributed by atoms with Crippen LogP contribution in [0.5, 0.6) is 28.7 Å². The van der Waals surface area contributed by atoms with Gasteiger partial charge in [0.2, 0.25) is 0 Å². The molecule has 9 rings (SSSR count). The lowest BCUT2D eigenvalue weighted by Gasteiger charge is -2.34. The molecule has 0 fully saturated rings. The number of amides is 2. The second-order valence-electron chi connectivity index (χ2n) is 14.1. The van der Waals surface area contributed by atoms with Gasteiger partial charge in [-0.15, -0.1) is 0 Å². The van der Waals surface area contributed by atoms with Crippen molar-refractivity contribution in [2.24, 2.45) is 17.0 Å². The summed E-state index contributed by atoms with van der Waals surface area (Å²) in [6.07, 6.45) is 6.74. The second-order valence-corrected chi connectivity index (χ2v) is 14.1. The van der Waals surface area contributed by atoms with Crippen LogP contribution in [0.15, 0.2) is 83.0 Å². The summed E-state index contributed by atoms with van der Waals surface area (Å²) >= 11 is 0. The maximum absolute atomic E-state index is 13.8. The van der Waals surface area contributed by atoms with Crippen molar-refractivity contribution in [1.82, 2.24) is 19.4 Å². The lowest BCUT2D eigenvalue weighted by molar-refractivity contribution is 0.0693. The van der Waals surface area contributed by atoms with Gasteiger partial charge in [-0.25, -0.2) is 4.98 Å². The molecule has 4 aliphatic heterocycles. The number of carbonyl (C=O) groups is 2. The van der Waals surface area contributed by atoms with Crippen LogP contribution < -0.4 is 18.9 Å². The summed E-state index contributed by atoms with van der Waals surface area (Å²) in [6.45, 7) is 1.09. The number of aromatic nitrogens is 2. The third-order valence-electron chi connectivity index (χ3n) is 10.7. The van der Waals surface area contributed by atoms with Crippen molar-refractivity contribution in [2.75, 3.05) is 14.2 Å². The number of carbonyl (C=O) groups excluding carboxylic acids is 2. The maximum atomic E-state index is 13.8. The van der Waals surface area contributed by atoms with Crippen molar-refractivity contribution >= 4 is 35.6 Å². The molecule has 5 heterocycles. The number of phenols is 1. The quantitative estimate of drug-likeness (QED) is 0.209. The fourth-order valence-corrected chi connectivity index (χ4v) is 7.82. The third kappa shape index (κ3) is 6.20. The highest BCUT2D eigenvalue weighted by molar-refractivity contribution is 6.04. The Morgan fingerprint density at radius 3 is 1.87 bits per heavy atom. The van der Waals surface area contributed by atoms with E-state index in [1.54, 1.807) is 47.6 Å². The molecule has 13 heteroatoms. The van der Waals surface area contributed by atoms with Crippen molar-refractivity contribution < 1.29 is 33.6 Å². The molecule has 0 saturated carbocycles. The molecule has 0 unspecified atom stereocenters. The average molecular weight is 739 g/mol. The van der Waals surface area contributed by atoms with Crippen LogP contribution in [0.1, 0.15) is 54.4 Å². The minimum atomic E-state index is -0.201. The zero-order valence-corrected chi connectivity index (χ0v) is 30.6. The van der Waals surface area contributed by atoms with E-state index < -0.39 is 0 Å². The third-order valence-corrected chi connectivity index (χ3v) is 10.7. The fraction of sp³-hybridized carbons (Fsp3) is 0.262. The van der Waals surface area contributed by atoms with Crippen LogP contribution in [0.3, 0.4) is 0 Å². The van der Waals surface area contributed by atoms with Crippen LogP contribution in [-0.2, 0) is 46.2 Å². The van der Waals surface area contributed by atoms with Gasteiger partial charge in [0.15, 0.2) is 23.0 Å². The summed E-state index contributed by atoms with van der Waals surface area (Å²) in [5.41, 5.74) is 7.55. The summed E-state index contributed by atoms with van der Waals surface area (Å²) in [4.78, 5) is 45.1. The second kappa shape index (κ2) is 13.7. The van der Waals surface area contributed by atoms with Gasteiger partial charge in [-0.1, -0.05) is 24.3 Å². The molecule has 278 valence electrons. The standard InChI is InChI=1S/C42H38N6O7/c1-46-23-45-35-20-48-29(12-36(35)46)18-44-34-16-40(38(53-3)14-32(34)42(48)51)55-22-25-8-24(9-30(49)10-25)21-54-39-15-33-31(13-37(39)52-2)41(50)47-19-27-7-5-4-6-26(27)11-28(47)17-43-33/h4-10,13-18,23,28-29,49H,11-12,19-22H2,1-3H3/t28-,29-/m0/s1. The van der Waals surface area contributed by atoms with E-state index in [1.165, 1.54) is 19.8 Å². The lowest BCUT2D eigenvalue weighted by Crippen LogP contribution is -2.44. The SMILES string of the molecule is COc1cc2c(cc1OCc1cc(O)cc(COc3cc4c(cc3OC)C(=O)N3Cc5ncn(C)c5C[C@H]3C=N4)c1)N=C[C@@H]1Cc3ccccc3CN1C2=O. The van der Waals surface area contributed by atoms with E-state index in [9.17, 15) is 14.7 Å². The molecule has 1 N–H and O–H groups in total. The fourth-order valence-electron chi connectivity index (χ4n) is 7.82. The van der Waals surface area contributed by atoms with Crippen molar-refractivity contribution in [3.63, 3.8) is 0 Å². The number of nitrogens with zero attached hydrogens (tertiary/aromatic N) is 6. The Kier molecular flexibility index (Phi) is 8.48. The van der Waals surface area contributed by atoms with Crippen LogP contribution in [-0.4, -0.2) is 75.0 Å². The molecule has 4 aromatic carbocycles. The van der Waals surface area contributed by atoms with E-state index in [-0.39, 0.29) is 42.9 Å². The number of aromatic hydroxyl groups is 1. The van der Waals surface area contributed by atoms with E-state index in [0.29, 0.717) is 82.6 Å². The van der Waals surface area contributed by atoms with Crippen LogP contribution in [0.4, 0.5) is 11.4 Å². The van der Waals surface area contributed by atoms with Gasteiger partial charge in [0.25, 0.3) is 11.8 Å². The summed E-state index contributed by atoms with van der Waals surface area (Å²) in [5, 5.41) is 10.7. The number of phenolic OH excluding ortho intramolecular Hbond substituents is 1. The summed E-state index contributed by atoms with van der Waals surface area (Å²) in [7, 11) is 5.01. The summed E-state index contributed by atoms with van der Waals surface area (Å²) < 4.78 is 25.8. The minimum absolute atomic E-state index is 0.0395. The number of fused-ring (bicyclic) bond motifs is 6. The van der Waals surface area contributed by atoms with E-state index in [1.807, 2.05) is 47.1 Å². The van der Waals surface area contributed by atoms with Crippen LogP contribution in [0.25, 0.3) is 0 Å². The first-order valence-corrected chi connectivity index (χ1v) is 18.0. The number of ether oxygens (including phenoxy) is 4. The van der Waals surface area contributed by atoms with Crippen molar-refractivity contribution in [3.8, 4) is 28.7 Å². The van der Waals surface area contributed by atoms with Crippen molar-refractivity contribution in [1.29, 1.82) is 0 Å². The normalized spacial score (nSPS) is 17.9. The van der Waals surface area contributed by atoms with Crippen LogP contribution in [0.2, 0.25) is 0 Å². The highest BCUT2D eigenvalue weighted by atomic mass is 16.5. The predicted molar refractivity (Wildman–Crippen MR) is 203 cm³/mol. The van der Waals surface area contributed by atoms with E-state index >= 15 is 0 Å². The Morgan fingerprint density at radius 2 is 1.27 bits per heavy atom. The highest BCUT2D eigenvalue weighted by Crippen LogP contribution is 2.41. The molecule has 0 aliphatic carbocycles. The Labute approximate surface area is 317 Å². The zero-order chi connectivity index (χ0) is 37.8. The minimum Gasteiger partial charge on any atom is -0.508 e. The first-order chi connectivity index (χ1) is 26.8. The van der Waals surface area contributed by atoms with E-state index in [0.717, 1.165) is 17.0 Å². The molecular formula is C42H38N6O7. The molecule has 0 spiro atoms. The Balaban J connectivity index is 0.913. The first-order valence-electron chi connectivity index (χ1n) is 18.0. The molecule has 13 nitrogen and oxygen atoms in total. The highest BCUT2D eigenvalue weighted by Gasteiger charge is 2.36. The van der Waals surface area contributed by atoms with Gasteiger partial charge in [-0.2, -0.15) is 0 Å². The number of rotatable bonds is 8. The van der Waals surface area contributed by atoms with Crippen LogP contribution >= 0.6 is 0 Å². The molecule has 1 aromatic heterocycles. The number of hydrogen-bond donors (Lipinski definition) is 1. The number of imidazole rings is 1. The Bertz CT molecular complexity index is 2440. The zero-order valence-electron chi connectivity index (χ0n) is 30.6. The van der Waals surface area contributed by atoms with E-state index in [4.69, 9.17) is 28.9 Å². The molecule has 2 amide bonds. The molecule has 55 heavy (non-hydrogen) atoms. The number of aliphatic imine (C=N–C) groups is 2. The van der Waals surface area contributed by atoms with Gasteiger partial charge >= 0.3 is 0 Å². The molecule has 0 bridgehead atoms. The van der Waals surface area contributed by atoms with Gasteiger partial charge in [0.05, 0.1) is 67.4 Å². The van der Waals surface area contributed by atoms with Gasteiger partial charge in [-0.3, -0.25) is 19.6 Å². The van der Waals surface area contributed by atoms with Gasteiger partial charge in [0, 0.05) is 50.3 Å². The first kappa shape index (κ1) is 34.2. The number of aryl methyl sites for hydroxylation is 1. The molecular weight excluding hydrogens is 700 g/mol. The van der Waals surface area contributed by atoms with E-state index in [2.05, 4.69) is 17.1 Å². The van der Waals surface area contributed by atoms with Gasteiger partial charge in [0.1, 0.15) is 19.0 Å². The molecule has 4 aliphatic rings. The predicted octanol–water partition coefficient (Wildman–Crippen LogP) is 5.87. The molecule has 0 radical (unpaired) electrons. The topological polar surface area (TPSA) is 140 Å². The number of methoxy groups -OCH3 is 2. The average Bonchev–Trinajstić information content (AvgIpc) is 3.43. The Morgan fingerprint density at radius 1 is 0.709 bits per heavy atom. The molecule has 2 atom stereocenters. The van der Waals surface area contributed by atoms with Crippen molar-refractivity contribution in [2.45, 2.75) is 51.2 Å². The lowest BCUT2D eigenvalue weighted by atomic mass is 9.94. The maximum Gasteiger partial charge on any atom is 0.257 e. The molecule has 0 saturated heterocycles. The van der Waals surface area contributed by atoms with Crippen molar-refractivity contribution in [3.05, 3.63) is 118 Å². The summed E-state index contributed by atoms with van der Waals surface area (Å²) in [6, 6.07) is 19.7. The Hall–Kier alpha value is -6.63. The monoisotopic (exact) mass is 738 g/mol. The van der Waals surface area contributed by atoms with Crippen LogP contribution in [0, 0.1) is 0 Å². The number of benzene rings is 4. The van der Waals surface area contributed by atoms with Gasteiger partial charge in [-0.05, 0) is 59.0 Å².